The zero-order chi connectivity index (χ0) is 13.0. The summed E-state index contributed by atoms with van der Waals surface area (Å²) in [7, 11) is 0. The molecule has 4 nitrogen and oxygen atoms in total. The summed E-state index contributed by atoms with van der Waals surface area (Å²) >= 11 is 3.60. The van der Waals surface area contributed by atoms with E-state index < -0.39 is 0 Å². The van der Waals surface area contributed by atoms with E-state index in [1.54, 1.807) is 11.0 Å². The molecule has 18 heavy (non-hydrogen) atoms. The van der Waals surface area contributed by atoms with Gasteiger partial charge in [-0.05, 0) is 30.2 Å². The number of rotatable bonds is 5. The van der Waals surface area contributed by atoms with Gasteiger partial charge in [-0.1, -0.05) is 35.8 Å². The molecule has 1 N–H and O–H groups in total. The molecule has 0 fully saturated rings. The molecule has 0 aliphatic carbocycles. The summed E-state index contributed by atoms with van der Waals surface area (Å²) in [5.74, 6) is 0.665. The minimum absolute atomic E-state index is 0.665. The monoisotopic (exact) mass is 308 g/mol. The molecule has 0 amide bonds. The summed E-state index contributed by atoms with van der Waals surface area (Å²) in [6.07, 6.45) is 3.23. The summed E-state index contributed by atoms with van der Waals surface area (Å²) in [6, 6.07) is 6.21. The molecule has 0 atom stereocenters. The number of nitrogens with one attached hydrogen (secondary N) is 1. The predicted molar refractivity (Wildman–Crippen MR) is 75.6 cm³/mol. The SMILES string of the molecule is CC(C)CNCc1ccc(-n2cncn2)cc1Br. The summed E-state index contributed by atoms with van der Waals surface area (Å²) < 4.78 is 2.84. The van der Waals surface area contributed by atoms with Gasteiger partial charge in [0.2, 0.25) is 0 Å². The van der Waals surface area contributed by atoms with E-state index in [0.717, 1.165) is 23.2 Å². The van der Waals surface area contributed by atoms with Gasteiger partial charge in [0, 0.05) is 11.0 Å². The molecule has 96 valence electrons. The van der Waals surface area contributed by atoms with Crippen molar-refractivity contribution in [1.29, 1.82) is 0 Å². The van der Waals surface area contributed by atoms with Crippen molar-refractivity contribution in [3.05, 3.63) is 40.9 Å². The molecule has 0 spiro atoms. The Hall–Kier alpha value is -1.20. The average Bonchev–Trinajstić information content (AvgIpc) is 2.84. The Bertz CT molecular complexity index is 494. The van der Waals surface area contributed by atoms with E-state index in [9.17, 15) is 0 Å². The van der Waals surface area contributed by atoms with Crippen molar-refractivity contribution >= 4 is 15.9 Å². The van der Waals surface area contributed by atoms with Crippen LogP contribution in [-0.4, -0.2) is 21.3 Å². The number of nitrogens with zero attached hydrogens (tertiary/aromatic N) is 3. The zero-order valence-electron chi connectivity index (χ0n) is 10.6. The van der Waals surface area contributed by atoms with Gasteiger partial charge in [0.1, 0.15) is 12.7 Å². The van der Waals surface area contributed by atoms with Gasteiger partial charge in [0.05, 0.1) is 5.69 Å². The second kappa shape index (κ2) is 6.11. The topological polar surface area (TPSA) is 42.7 Å². The molecule has 0 saturated carbocycles. The lowest BCUT2D eigenvalue weighted by Crippen LogP contribution is -2.19. The first-order chi connectivity index (χ1) is 8.66. The van der Waals surface area contributed by atoms with Gasteiger partial charge in [-0.25, -0.2) is 9.67 Å². The third kappa shape index (κ3) is 3.40. The van der Waals surface area contributed by atoms with Crippen LogP contribution in [0.2, 0.25) is 0 Å². The number of hydrogen-bond acceptors (Lipinski definition) is 3. The number of halogens is 1. The molecule has 0 bridgehead atoms. The van der Waals surface area contributed by atoms with Crippen LogP contribution in [0.1, 0.15) is 19.4 Å². The first-order valence-electron chi connectivity index (χ1n) is 6.01. The molecule has 0 aliphatic rings. The molecule has 1 heterocycles. The smallest absolute Gasteiger partial charge is 0.138 e. The molecule has 2 aromatic rings. The second-order valence-corrected chi connectivity index (χ2v) is 5.49. The van der Waals surface area contributed by atoms with Crippen molar-refractivity contribution in [2.75, 3.05) is 6.54 Å². The summed E-state index contributed by atoms with van der Waals surface area (Å²) in [5, 5.41) is 7.54. The van der Waals surface area contributed by atoms with Gasteiger partial charge >= 0.3 is 0 Å². The van der Waals surface area contributed by atoms with Crippen molar-refractivity contribution < 1.29 is 0 Å². The highest BCUT2D eigenvalue weighted by Crippen LogP contribution is 2.20. The van der Waals surface area contributed by atoms with Gasteiger partial charge in [-0.2, -0.15) is 5.10 Å². The molecule has 0 unspecified atom stereocenters. The lowest BCUT2D eigenvalue weighted by molar-refractivity contribution is 0.552. The van der Waals surface area contributed by atoms with Crippen molar-refractivity contribution in [1.82, 2.24) is 20.1 Å². The number of benzene rings is 1. The summed E-state index contributed by atoms with van der Waals surface area (Å²) in [4.78, 5) is 3.94. The Labute approximate surface area is 116 Å². The van der Waals surface area contributed by atoms with Crippen LogP contribution in [0.5, 0.6) is 0 Å². The van der Waals surface area contributed by atoms with Crippen molar-refractivity contribution in [2.45, 2.75) is 20.4 Å². The fourth-order valence-electron chi connectivity index (χ4n) is 1.66. The Kier molecular flexibility index (Phi) is 4.49. The quantitative estimate of drug-likeness (QED) is 0.923. The summed E-state index contributed by atoms with van der Waals surface area (Å²) in [6.45, 7) is 6.30. The van der Waals surface area contributed by atoms with Crippen LogP contribution >= 0.6 is 15.9 Å². The van der Waals surface area contributed by atoms with Crippen LogP contribution in [-0.2, 0) is 6.54 Å². The zero-order valence-corrected chi connectivity index (χ0v) is 12.2. The second-order valence-electron chi connectivity index (χ2n) is 4.64. The van der Waals surface area contributed by atoms with E-state index in [1.807, 2.05) is 6.07 Å². The predicted octanol–water partition coefficient (Wildman–Crippen LogP) is 2.78. The van der Waals surface area contributed by atoms with E-state index in [-0.39, 0.29) is 0 Å². The lowest BCUT2D eigenvalue weighted by atomic mass is 10.2. The number of aromatic nitrogens is 3. The average molecular weight is 309 g/mol. The first kappa shape index (κ1) is 13.2. The van der Waals surface area contributed by atoms with E-state index in [2.05, 4.69) is 57.3 Å². The van der Waals surface area contributed by atoms with Crippen molar-refractivity contribution in [2.24, 2.45) is 5.92 Å². The third-order valence-electron chi connectivity index (χ3n) is 2.59. The Morgan fingerprint density at radius 3 is 2.83 bits per heavy atom. The normalized spacial score (nSPS) is 11.1. The highest BCUT2D eigenvalue weighted by atomic mass is 79.9. The van der Waals surface area contributed by atoms with E-state index in [0.29, 0.717) is 5.92 Å². The van der Waals surface area contributed by atoms with E-state index >= 15 is 0 Å². The molecular weight excluding hydrogens is 292 g/mol. The fraction of sp³-hybridized carbons (Fsp3) is 0.385. The van der Waals surface area contributed by atoms with Crippen LogP contribution in [0.25, 0.3) is 5.69 Å². The maximum absolute atomic E-state index is 4.11. The van der Waals surface area contributed by atoms with E-state index in [4.69, 9.17) is 0 Å². The minimum Gasteiger partial charge on any atom is -0.312 e. The van der Waals surface area contributed by atoms with Crippen LogP contribution in [0.4, 0.5) is 0 Å². The molecule has 1 aromatic heterocycles. The van der Waals surface area contributed by atoms with Gasteiger partial charge in [-0.3, -0.25) is 0 Å². The molecule has 5 heteroatoms. The Balaban J connectivity index is 2.06. The van der Waals surface area contributed by atoms with Crippen molar-refractivity contribution in [3.8, 4) is 5.69 Å². The van der Waals surface area contributed by atoms with Gasteiger partial charge in [0.15, 0.2) is 0 Å². The summed E-state index contributed by atoms with van der Waals surface area (Å²) in [5.41, 5.74) is 2.26. The molecule has 2 rings (SSSR count). The molecule has 0 aliphatic heterocycles. The van der Waals surface area contributed by atoms with Gasteiger partial charge in [-0.15, -0.1) is 0 Å². The van der Waals surface area contributed by atoms with Crippen LogP contribution in [0.15, 0.2) is 35.3 Å². The number of hydrogen-bond donors (Lipinski definition) is 1. The standard InChI is InChI=1S/C13H17BrN4/c1-10(2)6-15-7-11-3-4-12(5-13(11)14)18-9-16-8-17-18/h3-5,8-10,15H,6-7H2,1-2H3. The maximum Gasteiger partial charge on any atom is 0.138 e. The molecule has 0 saturated heterocycles. The Morgan fingerprint density at radius 1 is 1.39 bits per heavy atom. The lowest BCUT2D eigenvalue weighted by Gasteiger charge is -2.10. The third-order valence-corrected chi connectivity index (χ3v) is 3.33. The van der Waals surface area contributed by atoms with Crippen molar-refractivity contribution in [3.63, 3.8) is 0 Å². The van der Waals surface area contributed by atoms with Gasteiger partial charge in [0.25, 0.3) is 0 Å². The van der Waals surface area contributed by atoms with Crippen LogP contribution in [0.3, 0.4) is 0 Å². The highest BCUT2D eigenvalue weighted by molar-refractivity contribution is 9.10. The first-order valence-corrected chi connectivity index (χ1v) is 6.80. The van der Waals surface area contributed by atoms with Crippen LogP contribution < -0.4 is 5.32 Å². The molecule has 1 aromatic carbocycles. The minimum atomic E-state index is 0.665. The largest absolute Gasteiger partial charge is 0.312 e. The fourth-order valence-corrected chi connectivity index (χ4v) is 2.17. The maximum atomic E-state index is 4.11. The van der Waals surface area contributed by atoms with E-state index in [1.165, 1.54) is 11.9 Å². The van der Waals surface area contributed by atoms with Gasteiger partial charge < -0.3 is 5.32 Å². The molecular formula is C13H17BrN4. The molecule has 0 radical (unpaired) electrons. The highest BCUT2D eigenvalue weighted by Gasteiger charge is 2.03. The Morgan fingerprint density at radius 2 is 2.22 bits per heavy atom. The van der Waals surface area contributed by atoms with Crippen LogP contribution in [0, 0.1) is 5.92 Å².